The molecule has 0 saturated carbocycles. The molecule has 1 heteroatoms. The number of rotatable bonds is 5. The van der Waals surface area contributed by atoms with Crippen LogP contribution in [0.25, 0.3) is 0 Å². The Labute approximate surface area is 100 Å². The Hall–Kier alpha value is -0.820. The summed E-state index contributed by atoms with van der Waals surface area (Å²) in [5.41, 5.74) is 4.30. The van der Waals surface area contributed by atoms with Crippen LogP contribution in [0.15, 0.2) is 18.2 Å². The van der Waals surface area contributed by atoms with Crippen molar-refractivity contribution in [2.45, 2.75) is 46.6 Å². The van der Waals surface area contributed by atoms with Crippen molar-refractivity contribution in [2.75, 3.05) is 7.05 Å². The van der Waals surface area contributed by atoms with Crippen LogP contribution in [0.5, 0.6) is 0 Å². The van der Waals surface area contributed by atoms with Crippen molar-refractivity contribution in [3.8, 4) is 0 Å². The topological polar surface area (TPSA) is 12.0 Å². The highest BCUT2D eigenvalue weighted by Gasteiger charge is 2.15. The monoisotopic (exact) mass is 219 g/mol. The maximum atomic E-state index is 3.37. The van der Waals surface area contributed by atoms with E-state index in [4.69, 9.17) is 0 Å². The Morgan fingerprint density at radius 3 is 2.50 bits per heavy atom. The maximum Gasteiger partial charge on any atom is 0.00670 e. The lowest BCUT2D eigenvalue weighted by atomic mass is 9.88. The van der Waals surface area contributed by atoms with Crippen molar-refractivity contribution in [2.24, 2.45) is 5.92 Å². The third-order valence-corrected chi connectivity index (χ3v) is 3.67. The van der Waals surface area contributed by atoms with Crippen LogP contribution in [0.2, 0.25) is 0 Å². The fourth-order valence-electron chi connectivity index (χ4n) is 2.21. The van der Waals surface area contributed by atoms with Gasteiger partial charge in [0.1, 0.15) is 0 Å². The van der Waals surface area contributed by atoms with E-state index in [1.807, 2.05) is 0 Å². The first-order valence-corrected chi connectivity index (χ1v) is 6.31. The van der Waals surface area contributed by atoms with E-state index in [2.05, 4.69) is 58.3 Å². The van der Waals surface area contributed by atoms with Gasteiger partial charge in [-0.2, -0.15) is 0 Å². The van der Waals surface area contributed by atoms with Gasteiger partial charge in [-0.1, -0.05) is 37.1 Å². The molecule has 0 fully saturated rings. The predicted octanol–water partition coefficient (Wildman–Crippen LogP) is 3.48. The van der Waals surface area contributed by atoms with E-state index >= 15 is 0 Å². The molecule has 0 aromatic heterocycles. The second-order valence-electron chi connectivity index (χ2n) is 4.88. The minimum absolute atomic E-state index is 0.588. The summed E-state index contributed by atoms with van der Waals surface area (Å²) in [7, 11) is 2.05. The largest absolute Gasteiger partial charge is 0.317 e. The number of hydrogen-bond acceptors (Lipinski definition) is 1. The summed E-state index contributed by atoms with van der Waals surface area (Å²) in [5, 5.41) is 3.37. The summed E-state index contributed by atoms with van der Waals surface area (Å²) >= 11 is 0. The molecule has 0 aliphatic rings. The van der Waals surface area contributed by atoms with E-state index < -0.39 is 0 Å². The predicted molar refractivity (Wildman–Crippen MR) is 71.9 cm³/mol. The molecule has 0 heterocycles. The summed E-state index contributed by atoms with van der Waals surface area (Å²) < 4.78 is 0. The highest BCUT2D eigenvalue weighted by Crippen LogP contribution is 2.19. The van der Waals surface area contributed by atoms with Gasteiger partial charge in [0.25, 0.3) is 0 Å². The van der Waals surface area contributed by atoms with Crippen LogP contribution >= 0.6 is 0 Å². The summed E-state index contributed by atoms with van der Waals surface area (Å²) in [4.78, 5) is 0. The molecule has 0 aliphatic carbocycles. The fraction of sp³-hybridized carbons (Fsp3) is 0.600. The molecular formula is C15H25N. The molecule has 0 spiro atoms. The smallest absolute Gasteiger partial charge is 0.00670 e. The van der Waals surface area contributed by atoms with E-state index in [-0.39, 0.29) is 0 Å². The van der Waals surface area contributed by atoms with Crippen LogP contribution in [-0.4, -0.2) is 13.1 Å². The lowest BCUT2D eigenvalue weighted by Crippen LogP contribution is -2.31. The van der Waals surface area contributed by atoms with Gasteiger partial charge in [-0.3, -0.25) is 0 Å². The van der Waals surface area contributed by atoms with Crippen LogP contribution in [0.3, 0.4) is 0 Å². The lowest BCUT2D eigenvalue weighted by Gasteiger charge is -2.23. The Morgan fingerprint density at radius 2 is 1.94 bits per heavy atom. The number of aryl methyl sites for hydroxylation is 2. The van der Waals surface area contributed by atoms with Crippen LogP contribution in [-0.2, 0) is 6.42 Å². The maximum absolute atomic E-state index is 3.37. The molecule has 1 nitrogen and oxygen atoms in total. The van der Waals surface area contributed by atoms with Gasteiger partial charge in [0, 0.05) is 6.04 Å². The van der Waals surface area contributed by atoms with Crippen molar-refractivity contribution in [3.63, 3.8) is 0 Å². The van der Waals surface area contributed by atoms with E-state index in [1.54, 1.807) is 0 Å². The molecule has 0 saturated heterocycles. The fourth-order valence-corrected chi connectivity index (χ4v) is 2.21. The quantitative estimate of drug-likeness (QED) is 0.799. The summed E-state index contributed by atoms with van der Waals surface area (Å²) in [5.74, 6) is 0.727. The molecule has 1 aromatic carbocycles. The molecule has 2 unspecified atom stereocenters. The van der Waals surface area contributed by atoms with Crippen molar-refractivity contribution < 1.29 is 0 Å². The average molecular weight is 219 g/mol. The van der Waals surface area contributed by atoms with Gasteiger partial charge in [-0.15, -0.1) is 0 Å². The van der Waals surface area contributed by atoms with Gasteiger partial charge in [0.2, 0.25) is 0 Å². The van der Waals surface area contributed by atoms with Gasteiger partial charge < -0.3 is 5.32 Å². The normalized spacial score (nSPS) is 14.8. The SMILES string of the molecule is CCC(Cc1cc(C)ccc1C)C(C)NC. The van der Waals surface area contributed by atoms with Crippen molar-refractivity contribution >= 4 is 0 Å². The highest BCUT2D eigenvalue weighted by atomic mass is 14.9. The average Bonchev–Trinajstić information content (AvgIpc) is 2.29. The van der Waals surface area contributed by atoms with E-state index in [9.17, 15) is 0 Å². The number of hydrogen-bond donors (Lipinski definition) is 1. The number of benzene rings is 1. The minimum Gasteiger partial charge on any atom is -0.317 e. The van der Waals surface area contributed by atoms with Crippen LogP contribution < -0.4 is 5.32 Å². The molecular weight excluding hydrogens is 194 g/mol. The third-order valence-electron chi connectivity index (χ3n) is 3.67. The van der Waals surface area contributed by atoms with Crippen molar-refractivity contribution in [3.05, 3.63) is 34.9 Å². The zero-order chi connectivity index (χ0) is 12.1. The molecule has 2 atom stereocenters. The van der Waals surface area contributed by atoms with E-state index in [0.717, 1.165) is 5.92 Å². The van der Waals surface area contributed by atoms with Gasteiger partial charge >= 0.3 is 0 Å². The zero-order valence-corrected chi connectivity index (χ0v) is 11.3. The molecule has 1 rings (SSSR count). The van der Waals surface area contributed by atoms with E-state index in [1.165, 1.54) is 29.5 Å². The molecule has 1 aromatic rings. The first-order valence-electron chi connectivity index (χ1n) is 6.31. The molecule has 0 amide bonds. The molecule has 16 heavy (non-hydrogen) atoms. The highest BCUT2D eigenvalue weighted by molar-refractivity contribution is 5.30. The molecule has 0 aliphatic heterocycles. The standard InChI is InChI=1S/C15H25N/c1-6-14(13(4)16-5)10-15-9-11(2)7-8-12(15)3/h7-9,13-14,16H,6,10H2,1-5H3. The van der Waals surface area contributed by atoms with Crippen molar-refractivity contribution in [1.82, 2.24) is 5.32 Å². The summed E-state index contributed by atoms with van der Waals surface area (Å²) in [6, 6.07) is 7.35. The second kappa shape index (κ2) is 6.05. The summed E-state index contributed by atoms with van der Waals surface area (Å²) in [6.45, 7) is 8.94. The molecule has 1 N–H and O–H groups in total. The lowest BCUT2D eigenvalue weighted by molar-refractivity contribution is 0.381. The van der Waals surface area contributed by atoms with Crippen LogP contribution in [0.4, 0.5) is 0 Å². The third kappa shape index (κ3) is 3.34. The first kappa shape index (κ1) is 13.2. The second-order valence-corrected chi connectivity index (χ2v) is 4.88. The zero-order valence-electron chi connectivity index (χ0n) is 11.3. The van der Waals surface area contributed by atoms with Crippen molar-refractivity contribution in [1.29, 1.82) is 0 Å². The minimum atomic E-state index is 0.588. The Kier molecular flexibility index (Phi) is 5.01. The molecule has 0 radical (unpaired) electrons. The molecule has 90 valence electrons. The van der Waals surface area contributed by atoms with Gasteiger partial charge in [0.05, 0.1) is 0 Å². The Bertz CT molecular complexity index is 330. The Balaban J connectivity index is 2.81. The first-order chi connectivity index (χ1) is 7.58. The summed E-state index contributed by atoms with van der Waals surface area (Å²) in [6.07, 6.45) is 2.42. The van der Waals surface area contributed by atoms with E-state index in [0.29, 0.717) is 6.04 Å². The molecule has 0 bridgehead atoms. The van der Waals surface area contributed by atoms with Gasteiger partial charge in [-0.25, -0.2) is 0 Å². The van der Waals surface area contributed by atoms with Crippen LogP contribution in [0.1, 0.15) is 37.0 Å². The van der Waals surface area contributed by atoms with Crippen LogP contribution in [0, 0.1) is 19.8 Å². The van der Waals surface area contributed by atoms with Gasteiger partial charge in [-0.05, 0) is 51.3 Å². The Morgan fingerprint density at radius 1 is 1.25 bits per heavy atom. The van der Waals surface area contributed by atoms with Gasteiger partial charge in [0.15, 0.2) is 0 Å². The number of nitrogens with one attached hydrogen (secondary N) is 1.